The van der Waals surface area contributed by atoms with Crippen molar-refractivity contribution in [3.8, 4) is 5.69 Å². The van der Waals surface area contributed by atoms with Gasteiger partial charge in [0.25, 0.3) is 0 Å². The van der Waals surface area contributed by atoms with Gasteiger partial charge in [0.1, 0.15) is 0 Å². The van der Waals surface area contributed by atoms with E-state index in [2.05, 4.69) is 37.0 Å². The van der Waals surface area contributed by atoms with Gasteiger partial charge in [-0.3, -0.25) is 0 Å². The zero-order chi connectivity index (χ0) is 10.8. The second-order valence-electron chi connectivity index (χ2n) is 3.01. The largest absolute Gasteiger partial charge is 0.239 e. The first kappa shape index (κ1) is 11.2. The highest BCUT2D eigenvalue weighted by Crippen LogP contribution is 2.23. The van der Waals surface area contributed by atoms with Crippen LogP contribution in [-0.2, 0) is 5.33 Å². The molecule has 2 aromatic rings. The molecule has 0 saturated carbocycles. The molecule has 0 radical (unpaired) electrons. The summed E-state index contributed by atoms with van der Waals surface area (Å²) in [5.41, 5.74) is 2.19. The van der Waals surface area contributed by atoms with Crippen LogP contribution in [0.2, 0.25) is 5.02 Å². The molecule has 78 valence electrons. The van der Waals surface area contributed by atoms with Gasteiger partial charge >= 0.3 is 0 Å². The highest BCUT2D eigenvalue weighted by Gasteiger charge is 2.03. The predicted molar refractivity (Wildman–Crippen MR) is 68.9 cm³/mol. The molecule has 0 spiro atoms. The molecule has 0 fully saturated rings. The Morgan fingerprint density at radius 3 is 2.73 bits per heavy atom. The lowest BCUT2D eigenvalue weighted by Gasteiger charge is -2.04. The minimum absolute atomic E-state index is 0.635. The Balaban J connectivity index is 2.42. The molecule has 0 bridgehead atoms. The van der Waals surface area contributed by atoms with Crippen molar-refractivity contribution in [3.63, 3.8) is 0 Å². The van der Waals surface area contributed by atoms with E-state index in [1.54, 1.807) is 17.1 Å². The minimum atomic E-state index is 0.635. The molecule has 0 aliphatic heterocycles. The van der Waals surface area contributed by atoms with Crippen LogP contribution in [0.4, 0.5) is 0 Å². The van der Waals surface area contributed by atoms with Crippen LogP contribution in [0.3, 0.4) is 0 Å². The standard InChI is InChI=1S/C10H7Br2ClN2/c11-4-7-1-2-9(3-10(7)12)15-6-8(13)5-14-15/h1-3,5-6H,4H2. The van der Waals surface area contributed by atoms with Crippen LogP contribution in [0.25, 0.3) is 5.69 Å². The summed E-state index contributed by atoms with van der Waals surface area (Å²) in [6.07, 6.45) is 3.39. The normalized spacial score (nSPS) is 10.6. The molecule has 0 N–H and O–H groups in total. The van der Waals surface area contributed by atoms with E-state index in [0.717, 1.165) is 15.5 Å². The quantitative estimate of drug-likeness (QED) is 0.743. The van der Waals surface area contributed by atoms with E-state index in [9.17, 15) is 0 Å². The third-order valence-corrected chi connectivity index (χ3v) is 3.53. The first-order chi connectivity index (χ1) is 7.20. The summed E-state index contributed by atoms with van der Waals surface area (Å²) in [6, 6.07) is 6.06. The lowest BCUT2D eigenvalue weighted by Crippen LogP contribution is -1.94. The number of hydrogen-bond donors (Lipinski definition) is 0. The summed E-state index contributed by atoms with van der Waals surface area (Å²) in [5.74, 6) is 0. The maximum Gasteiger partial charge on any atom is 0.0790 e. The summed E-state index contributed by atoms with van der Waals surface area (Å²) in [7, 11) is 0. The summed E-state index contributed by atoms with van der Waals surface area (Å²) < 4.78 is 2.80. The van der Waals surface area contributed by atoms with Crippen LogP contribution in [0.15, 0.2) is 35.1 Å². The molecule has 5 heteroatoms. The minimum Gasteiger partial charge on any atom is -0.239 e. The fraction of sp³-hybridized carbons (Fsp3) is 0.100. The summed E-state index contributed by atoms with van der Waals surface area (Å²) in [4.78, 5) is 0. The Bertz CT molecular complexity index is 482. The predicted octanol–water partition coefficient (Wildman–Crippen LogP) is 4.18. The highest BCUT2D eigenvalue weighted by atomic mass is 79.9. The van der Waals surface area contributed by atoms with Crippen LogP contribution in [0, 0.1) is 0 Å². The van der Waals surface area contributed by atoms with Gasteiger partial charge in [0.05, 0.1) is 16.9 Å². The zero-order valence-corrected chi connectivity index (χ0v) is 11.6. The molecule has 0 amide bonds. The molecule has 0 unspecified atom stereocenters. The van der Waals surface area contributed by atoms with E-state index >= 15 is 0 Å². The Morgan fingerprint density at radius 2 is 2.20 bits per heavy atom. The second kappa shape index (κ2) is 4.68. The molecule has 2 rings (SSSR count). The lowest BCUT2D eigenvalue weighted by atomic mass is 10.2. The van der Waals surface area contributed by atoms with Crippen molar-refractivity contribution < 1.29 is 0 Å². The van der Waals surface area contributed by atoms with Gasteiger partial charge in [-0.2, -0.15) is 5.10 Å². The molecule has 0 saturated heterocycles. The van der Waals surface area contributed by atoms with Crippen molar-refractivity contribution >= 4 is 43.5 Å². The van der Waals surface area contributed by atoms with E-state index in [-0.39, 0.29) is 0 Å². The summed E-state index contributed by atoms with van der Waals surface area (Å²) in [6.45, 7) is 0. The third-order valence-electron chi connectivity index (χ3n) is 2.00. The van der Waals surface area contributed by atoms with Crippen LogP contribution >= 0.6 is 43.5 Å². The Labute approximate surface area is 109 Å². The van der Waals surface area contributed by atoms with E-state index in [1.807, 2.05) is 18.2 Å². The van der Waals surface area contributed by atoms with Crippen LogP contribution in [0.5, 0.6) is 0 Å². The van der Waals surface area contributed by atoms with E-state index in [4.69, 9.17) is 11.6 Å². The van der Waals surface area contributed by atoms with Gasteiger partial charge in [0.15, 0.2) is 0 Å². The first-order valence-corrected chi connectivity index (χ1v) is 6.55. The topological polar surface area (TPSA) is 17.8 Å². The SMILES string of the molecule is Clc1cnn(-c2ccc(CBr)c(Br)c2)c1. The number of rotatable bonds is 2. The van der Waals surface area contributed by atoms with Gasteiger partial charge in [-0.15, -0.1) is 0 Å². The Morgan fingerprint density at radius 1 is 1.40 bits per heavy atom. The number of aromatic nitrogens is 2. The molecule has 1 heterocycles. The van der Waals surface area contributed by atoms with Gasteiger partial charge in [0, 0.05) is 16.0 Å². The molecule has 0 aliphatic carbocycles. The number of alkyl halides is 1. The van der Waals surface area contributed by atoms with Crippen LogP contribution in [-0.4, -0.2) is 9.78 Å². The van der Waals surface area contributed by atoms with Gasteiger partial charge in [0.2, 0.25) is 0 Å². The van der Waals surface area contributed by atoms with Crippen molar-refractivity contribution in [3.05, 3.63) is 45.7 Å². The van der Waals surface area contributed by atoms with Crippen molar-refractivity contribution in [1.29, 1.82) is 0 Å². The first-order valence-electron chi connectivity index (χ1n) is 4.25. The van der Waals surface area contributed by atoms with Gasteiger partial charge in [-0.25, -0.2) is 4.68 Å². The molecule has 1 aromatic carbocycles. The van der Waals surface area contributed by atoms with Crippen LogP contribution < -0.4 is 0 Å². The second-order valence-corrected chi connectivity index (χ2v) is 4.86. The van der Waals surface area contributed by atoms with Crippen molar-refractivity contribution in [1.82, 2.24) is 9.78 Å². The Kier molecular flexibility index (Phi) is 3.49. The maximum absolute atomic E-state index is 5.81. The number of halogens is 3. The summed E-state index contributed by atoms with van der Waals surface area (Å²) in [5, 5.41) is 5.60. The molecule has 15 heavy (non-hydrogen) atoms. The molecule has 1 aromatic heterocycles. The van der Waals surface area contributed by atoms with Crippen molar-refractivity contribution in [2.45, 2.75) is 5.33 Å². The summed E-state index contributed by atoms with van der Waals surface area (Å²) >= 11 is 12.7. The van der Waals surface area contributed by atoms with E-state index in [0.29, 0.717) is 5.02 Å². The average molecular weight is 350 g/mol. The van der Waals surface area contributed by atoms with E-state index in [1.165, 1.54) is 5.56 Å². The van der Waals surface area contributed by atoms with Gasteiger partial charge in [-0.1, -0.05) is 49.5 Å². The average Bonchev–Trinajstić information content (AvgIpc) is 2.65. The monoisotopic (exact) mass is 348 g/mol. The maximum atomic E-state index is 5.81. The number of nitrogens with zero attached hydrogens (tertiary/aromatic N) is 2. The molecular formula is C10H7Br2ClN2. The molecule has 2 nitrogen and oxygen atoms in total. The van der Waals surface area contributed by atoms with E-state index < -0.39 is 0 Å². The zero-order valence-electron chi connectivity index (χ0n) is 7.62. The fourth-order valence-corrected chi connectivity index (χ4v) is 2.74. The smallest absolute Gasteiger partial charge is 0.0790 e. The van der Waals surface area contributed by atoms with Crippen molar-refractivity contribution in [2.75, 3.05) is 0 Å². The Hall–Kier alpha value is -0.320. The molecular weight excluding hydrogens is 343 g/mol. The fourth-order valence-electron chi connectivity index (χ4n) is 1.23. The third kappa shape index (κ3) is 2.44. The number of hydrogen-bond acceptors (Lipinski definition) is 1. The molecule has 0 atom stereocenters. The highest BCUT2D eigenvalue weighted by molar-refractivity contribution is 9.10. The molecule has 0 aliphatic rings. The van der Waals surface area contributed by atoms with Gasteiger partial charge < -0.3 is 0 Å². The van der Waals surface area contributed by atoms with Crippen molar-refractivity contribution in [2.24, 2.45) is 0 Å². The van der Waals surface area contributed by atoms with Crippen LogP contribution in [0.1, 0.15) is 5.56 Å². The lowest BCUT2D eigenvalue weighted by molar-refractivity contribution is 0.879. The number of benzene rings is 1. The van der Waals surface area contributed by atoms with Gasteiger partial charge in [-0.05, 0) is 17.7 Å².